The standard InChI is InChI=1S/C15H22F3N3/c1-20(2)10-13-4-3-7-21(13)12-5-6-14(15(16,17)18)11(8-12)9-19/h5-6,8,13H,3-4,7,9-10,19H2,1-2H3. The van der Waals surface area contributed by atoms with E-state index in [1.807, 2.05) is 14.1 Å². The van der Waals surface area contributed by atoms with Gasteiger partial charge in [-0.15, -0.1) is 0 Å². The van der Waals surface area contributed by atoms with Crippen molar-refractivity contribution >= 4 is 5.69 Å². The smallest absolute Gasteiger partial charge is 0.367 e. The van der Waals surface area contributed by atoms with Crippen molar-refractivity contribution in [3.63, 3.8) is 0 Å². The Labute approximate surface area is 123 Å². The molecule has 6 heteroatoms. The molecule has 118 valence electrons. The van der Waals surface area contributed by atoms with Gasteiger partial charge in [-0.2, -0.15) is 13.2 Å². The molecular formula is C15H22F3N3. The maximum atomic E-state index is 12.9. The van der Waals surface area contributed by atoms with E-state index in [1.54, 1.807) is 12.1 Å². The number of likely N-dealkylation sites (N-methyl/N-ethyl adjacent to an activating group) is 1. The number of halogens is 3. The molecule has 0 aromatic heterocycles. The molecule has 1 aromatic carbocycles. The molecule has 1 unspecified atom stereocenters. The van der Waals surface area contributed by atoms with E-state index < -0.39 is 11.7 Å². The molecular weight excluding hydrogens is 279 g/mol. The lowest BCUT2D eigenvalue weighted by molar-refractivity contribution is -0.138. The van der Waals surface area contributed by atoms with Gasteiger partial charge in [-0.25, -0.2) is 0 Å². The largest absolute Gasteiger partial charge is 0.416 e. The molecule has 1 aromatic rings. The maximum Gasteiger partial charge on any atom is 0.416 e. The Morgan fingerprint density at radius 3 is 2.62 bits per heavy atom. The quantitative estimate of drug-likeness (QED) is 0.928. The van der Waals surface area contributed by atoms with E-state index in [4.69, 9.17) is 5.73 Å². The molecule has 0 spiro atoms. The molecule has 1 saturated heterocycles. The van der Waals surface area contributed by atoms with E-state index in [2.05, 4.69) is 9.80 Å². The summed E-state index contributed by atoms with van der Waals surface area (Å²) in [4.78, 5) is 4.30. The lowest BCUT2D eigenvalue weighted by Gasteiger charge is -2.29. The van der Waals surface area contributed by atoms with E-state index in [0.29, 0.717) is 6.04 Å². The summed E-state index contributed by atoms with van der Waals surface area (Å²) in [5.41, 5.74) is 5.88. The third kappa shape index (κ3) is 3.68. The number of rotatable bonds is 4. The summed E-state index contributed by atoms with van der Waals surface area (Å²) in [6.07, 6.45) is -2.21. The van der Waals surface area contributed by atoms with Crippen LogP contribution in [-0.4, -0.2) is 38.1 Å². The van der Waals surface area contributed by atoms with Gasteiger partial charge in [0.25, 0.3) is 0 Å². The van der Waals surface area contributed by atoms with E-state index in [0.717, 1.165) is 37.7 Å². The average molecular weight is 301 g/mol. The Bertz CT molecular complexity index is 486. The molecule has 0 radical (unpaired) electrons. The summed E-state index contributed by atoms with van der Waals surface area (Å²) in [7, 11) is 4.02. The van der Waals surface area contributed by atoms with Crippen LogP contribution in [0, 0.1) is 0 Å². The molecule has 0 saturated carbocycles. The molecule has 0 bridgehead atoms. The van der Waals surface area contributed by atoms with E-state index in [9.17, 15) is 13.2 Å². The van der Waals surface area contributed by atoms with Crippen LogP contribution in [0.5, 0.6) is 0 Å². The van der Waals surface area contributed by atoms with Gasteiger partial charge >= 0.3 is 6.18 Å². The van der Waals surface area contributed by atoms with Crippen LogP contribution in [0.3, 0.4) is 0 Å². The molecule has 0 amide bonds. The van der Waals surface area contributed by atoms with E-state index in [1.165, 1.54) is 0 Å². The van der Waals surface area contributed by atoms with Crippen LogP contribution in [0.2, 0.25) is 0 Å². The molecule has 2 N–H and O–H groups in total. The maximum absolute atomic E-state index is 12.9. The van der Waals surface area contributed by atoms with Gasteiger partial charge in [-0.1, -0.05) is 0 Å². The molecule has 1 fully saturated rings. The summed E-state index contributed by atoms with van der Waals surface area (Å²) in [5.74, 6) is 0. The molecule has 2 rings (SSSR count). The number of benzene rings is 1. The summed E-state index contributed by atoms with van der Waals surface area (Å²) in [6, 6.07) is 4.66. The second-order valence-electron chi connectivity index (χ2n) is 5.80. The molecule has 1 atom stereocenters. The minimum atomic E-state index is -4.35. The predicted molar refractivity (Wildman–Crippen MR) is 78.3 cm³/mol. The summed E-state index contributed by atoms with van der Waals surface area (Å²) >= 11 is 0. The topological polar surface area (TPSA) is 32.5 Å². The first-order valence-electron chi connectivity index (χ1n) is 7.14. The zero-order valence-corrected chi connectivity index (χ0v) is 12.5. The number of hydrogen-bond donors (Lipinski definition) is 1. The summed E-state index contributed by atoms with van der Waals surface area (Å²) in [5, 5.41) is 0. The minimum absolute atomic E-state index is 0.102. The highest BCUT2D eigenvalue weighted by Gasteiger charge is 2.34. The Hall–Kier alpha value is -1.27. The fourth-order valence-electron chi connectivity index (χ4n) is 2.99. The Balaban J connectivity index is 2.28. The molecule has 3 nitrogen and oxygen atoms in total. The summed E-state index contributed by atoms with van der Waals surface area (Å²) < 4.78 is 38.8. The number of alkyl halides is 3. The lowest BCUT2D eigenvalue weighted by atomic mass is 10.1. The van der Waals surface area contributed by atoms with Crippen molar-refractivity contribution in [2.45, 2.75) is 31.6 Å². The van der Waals surface area contributed by atoms with Gasteiger partial charge < -0.3 is 15.5 Å². The third-order valence-corrected chi connectivity index (χ3v) is 3.90. The zero-order chi connectivity index (χ0) is 15.6. The van der Waals surface area contributed by atoms with Crippen LogP contribution in [0.25, 0.3) is 0 Å². The van der Waals surface area contributed by atoms with Crippen molar-refractivity contribution in [2.24, 2.45) is 5.73 Å². The van der Waals surface area contributed by atoms with Crippen LogP contribution in [-0.2, 0) is 12.7 Å². The highest BCUT2D eigenvalue weighted by atomic mass is 19.4. The van der Waals surface area contributed by atoms with Crippen LogP contribution in [0.15, 0.2) is 18.2 Å². The Kier molecular flexibility index (Phi) is 4.78. The third-order valence-electron chi connectivity index (χ3n) is 3.90. The first-order valence-corrected chi connectivity index (χ1v) is 7.14. The Morgan fingerprint density at radius 2 is 2.05 bits per heavy atom. The number of nitrogens with two attached hydrogens (primary N) is 1. The van der Waals surface area contributed by atoms with Gasteiger partial charge in [-0.3, -0.25) is 0 Å². The Morgan fingerprint density at radius 1 is 1.33 bits per heavy atom. The van der Waals surface area contributed by atoms with E-state index >= 15 is 0 Å². The first-order chi connectivity index (χ1) is 9.82. The fourth-order valence-corrected chi connectivity index (χ4v) is 2.99. The predicted octanol–water partition coefficient (Wildman–Crippen LogP) is 2.69. The van der Waals surface area contributed by atoms with Crippen molar-refractivity contribution in [1.29, 1.82) is 0 Å². The first kappa shape index (κ1) is 16.1. The van der Waals surface area contributed by atoms with Crippen molar-refractivity contribution in [2.75, 3.05) is 32.1 Å². The number of nitrogens with zero attached hydrogens (tertiary/aromatic N) is 2. The van der Waals surface area contributed by atoms with Crippen LogP contribution in [0.1, 0.15) is 24.0 Å². The SMILES string of the molecule is CN(C)CC1CCCN1c1ccc(C(F)(F)F)c(CN)c1. The van der Waals surface area contributed by atoms with Crippen molar-refractivity contribution in [3.05, 3.63) is 29.3 Å². The lowest BCUT2D eigenvalue weighted by Crippen LogP contribution is -2.37. The number of anilines is 1. The normalized spacial score (nSPS) is 19.6. The van der Waals surface area contributed by atoms with Gasteiger partial charge in [0.15, 0.2) is 0 Å². The van der Waals surface area contributed by atoms with Crippen molar-refractivity contribution in [3.8, 4) is 0 Å². The van der Waals surface area contributed by atoms with Gasteiger partial charge in [0.2, 0.25) is 0 Å². The average Bonchev–Trinajstić information content (AvgIpc) is 2.84. The number of hydrogen-bond acceptors (Lipinski definition) is 3. The van der Waals surface area contributed by atoms with Gasteiger partial charge in [0, 0.05) is 31.4 Å². The molecule has 21 heavy (non-hydrogen) atoms. The second kappa shape index (κ2) is 6.23. The van der Waals surface area contributed by atoms with Gasteiger partial charge in [-0.05, 0) is 50.7 Å². The molecule has 0 aliphatic carbocycles. The van der Waals surface area contributed by atoms with Crippen LogP contribution >= 0.6 is 0 Å². The molecule has 1 aliphatic rings. The molecule has 1 heterocycles. The minimum Gasteiger partial charge on any atom is -0.367 e. The molecule has 1 aliphatic heterocycles. The van der Waals surface area contributed by atoms with Crippen LogP contribution in [0.4, 0.5) is 18.9 Å². The van der Waals surface area contributed by atoms with Gasteiger partial charge in [0.1, 0.15) is 0 Å². The fraction of sp³-hybridized carbons (Fsp3) is 0.600. The zero-order valence-electron chi connectivity index (χ0n) is 12.5. The monoisotopic (exact) mass is 301 g/mol. The summed E-state index contributed by atoms with van der Waals surface area (Å²) in [6.45, 7) is 1.68. The van der Waals surface area contributed by atoms with Crippen molar-refractivity contribution < 1.29 is 13.2 Å². The van der Waals surface area contributed by atoms with Crippen LogP contribution < -0.4 is 10.6 Å². The second-order valence-corrected chi connectivity index (χ2v) is 5.80. The van der Waals surface area contributed by atoms with Gasteiger partial charge in [0.05, 0.1) is 5.56 Å². The highest BCUT2D eigenvalue weighted by molar-refractivity contribution is 5.53. The van der Waals surface area contributed by atoms with Crippen molar-refractivity contribution in [1.82, 2.24) is 4.90 Å². The van der Waals surface area contributed by atoms with E-state index in [-0.39, 0.29) is 12.1 Å². The highest BCUT2D eigenvalue weighted by Crippen LogP contribution is 2.35.